The van der Waals surface area contributed by atoms with Gasteiger partial charge in [-0.15, -0.1) is 11.3 Å². The van der Waals surface area contributed by atoms with Gasteiger partial charge in [-0.1, -0.05) is 6.92 Å². The van der Waals surface area contributed by atoms with E-state index in [0.29, 0.717) is 5.13 Å². The molecule has 7 nitrogen and oxygen atoms in total. The van der Waals surface area contributed by atoms with E-state index in [9.17, 15) is 13.2 Å². The molecule has 1 aliphatic rings. The van der Waals surface area contributed by atoms with Gasteiger partial charge in [0.15, 0.2) is 5.13 Å². The molecule has 2 heterocycles. The lowest BCUT2D eigenvalue weighted by Gasteiger charge is -2.29. The van der Waals surface area contributed by atoms with Gasteiger partial charge in [0.05, 0.1) is 18.5 Å². The van der Waals surface area contributed by atoms with Crippen molar-refractivity contribution in [2.75, 3.05) is 38.3 Å². The van der Waals surface area contributed by atoms with Crippen molar-refractivity contribution >= 4 is 32.4 Å². The number of piperidine rings is 1. The maximum Gasteiger partial charge on any atom is 0.241 e. The minimum absolute atomic E-state index is 0.211. The zero-order valence-electron chi connectivity index (χ0n) is 13.8. The summed E-state index contributed by atoms with van der Waals surface area (Å²) in [6.07, 6.45) is 3.50. The number of thiazole rings is 1. The number of hydrogen-bond donors (Lipinski definition) is 1. The molecule has 1 aliphatic heterocycles. The van der Waals surface area contributed by atoms with Crippen LogP contribution in [-0.4, -0.2) is 61.5 Å². The molecule has 0 atom stereocenters. The number of carbonyl (C=O) groups is 1. The number of aromatic nitrogens is 1. The number of likely N-dealkylation sites (N-methyl/N-ethyl adjacent to an activating group) is 1. The van der Waals surface area contributed by atoms with E-state index in [2.05, 4.69) is 22.1 Å². The summed E-state index contributed by atoms with van der Waals surface area (Å²) < 4.78 is 23.6. The van der Waals surface area contributed by atoms with Crippen LogP contribution in [0.1, 0.15) is 25.5 Å². The number of rotatable bonds is 6. The molecule has 0 saturated carbocycles. The number of nitrogens with zero attached hydrogens (tertiary/aromatic N) is 3. The fourth-order valence-electron chi connectivity index (χ4n) is 2.36. The minimum atomic E-state index is -3.36. The van der Waals surface area contributed by atoms with Crippen molar-refractivity contribution in [1.29, 1.82) is 0 Å². The third-order valence-electron chi connectivity index (χ3n) is 3.99. The second kappa shape index (κ2) is 7.69. The Morgan fingerprint density at radius 1 is 1.48 bits per heavy atom. The van der Waals surface area contributed by atoms with Gasteiger partial charge in [-0.2, -0.15) is 4.31 Å². The largest absolute Gasteiger partial charge is 0.301 e. The fraction of sp³-hybridized carbons (Fsp3) is 0.714. The van der Waals surface area contributed by atoms with Crippen molar-refractivity contribution in [2.45, 2.75) is 26.3 Å². The molecule has 0 unspecified atom stereocenters. The van der Waals surface area contributed by atoms with E-state index in [4.69, 9.17) is 0 Å². The van der Waals surface area contributed by atoms with Crippen LogP contribution in [0.5, 0.6) is 0 Å². The summed E-state index contributed by atoms with van der Waals surface area (Å²) in [7, 11) is -1.99. The average Bonchev–Trinajstić information content (AvgIpc) is 2.87. The Kier molecular flexibility index (Phi) is 6.12. The highest BCUT2D eigenvalue weighted by molar-refractivity contribution is 7.88. The van der Waals surface area contributed by atoms with E-state index in [1.807, 2.05) is 5.38 Å². The van der Waals surface area contributed by atoms with Crippen LogP contribution in [0.15, 0.2) is 5.38 Å². The summed E-state index contributed by atoms with van der Waals surface area (Å²) in [6.45, 7) is 5.03. The molecule has 0 radical (unpaired) electrons. The normalized spacial score (nSPS) is 17.6. The van der Waals surface area contributed by atoms with E-state index in [0.717, 1.165) is 41.8 Å². The topological polar surface area (TPSA) is 82.6 Å². The molecule has 1 amide bonds. The fourth-order valence-corrected chi connectivity index (χ4v) is 3.43. The summed E-state index contributed by atoms with van der Waals surface area (Å²) in [5.74, 6) is 0.411. The molecule has 2 rings (SSSR count). The summed E-state index contributed by atoms with van der Waals surface area (Å²) in [6, 6.07) is 0. The number of anilines is 1. The summed E-state index contributed by atoms with van der Waals surface area (Å²) in [5, 5.41) is 5.10. The highest BCUT2D eigenvalue weighted by atomic mass is 32.2. The minimum Gasteiger partial charge on any atom is -0.301 e. The van der Waals surface area contributed by atoms with Gasteiger partial charge in [-0.3, -0.25) is 9.69 Å². The standard InChI is InChI=1S/C14H24N4O3S2/c1-11-4-6-18(7-5-11)8-12-10-22-14(15-12)16-13(19)9-17(2)23(3,20)21/h10-11H,4-9H2,1-3H3,(H,15,16,19). The maximum atomic E-state index is 11.8. The number of amides is 1. The lowest BCUT2D eigenvalue weighted by molar-refractivity contribution is -0.116. The Balaban J connectivity index is 1.83. The molecular formula is C14H24N4O3S2. The quantitative estimate of drug-likeness (QED) is 0.824. The molecule has 1 aromatic rings. The number of nitrogens with one attached hydrogen (secondary N) is 1. The maximum absolute atomic E-state index is 11.8. The third-order valence-corrected chi connectivity index (χ3v) is 6.06. The van der Waals surface area contributed by atoms with Crippen LogP contribution >= 0.6 is 11.3 Å². The Labute approximate surface area is 141 Å². The van der Waals surface area contributed by atoms with Gasteiger partial charge in [0.25, 0.3) is 0 Å². The van der Waals surface area contributed by atoms with E-state index in [1.165, 1.54) is 31.2 Å². The SMILES string of the molecule is CC1CCN(Cc2csc(NC(=O)CN(C)S(C)(=O)=O)n2)CC1. The Morgan fingerprint density at radius 3 is 2.74 bits per heavy atom. The Bertz CT molecular complexity index is 636. The van der Waals surface area contributed by atoms with Crippen molar-refractivity contribution in [3.8, 4) is 0 Å². The molecule has 0 aromatic carbocycles. The lowest BCUT2D eigenvalue weighted by Crippen LogP contribution is -2.34. The van der Waals surface area contributed by atoms with Gasteiger partial charge >= 0.3 is 0 Å². The van der Waals surface area contributed by atoms with Crippen LogP contribution < -0.4 is 5.32 Å². The van der Waals surface area contributed by atoms with Crippen LogP contribution in [0.3, 0.4) is 0 Å². The van der Waals surface area contributed by atoms with Gasteiger partial charge in [0, 0.05) is 19.0 Å². The van der Waals surface area contributed by atoms with Crippen molar-refractivity contribution in [3.63, 3.8) is 0 Å². The Morgan fingerprint density at radius 2 is 2.13 bits per heavy atom. The van der Waals surface area contributed by atoms with Crippen LogP contribution in [-0.2, 0) is 21.4 Å². The van der Waals surface area contributed by atoms with Crippen molar-refractivity contribution in [3.05, 3.63) is 11.1 Å². The van der Waals surface area contributed by atoms with Gasteiger partial charge in [0.2, 0.25) is 15.9 Å². The molecule has 0 bridgehead atoms. The van der Waals surface area contributed by atoms with E-state index in [1.54, 1.807) is 0 Å². The lowest BCUT2D eigenvalue weighted by atomic mass is 9.99. The van der Waals surface area contributed by atoms with Gasteiger partial charge in [-0.05, 0) is 31.8 Å². The van der Waals surface area contributed by atoms with E-state index in [-0.39, 0.29) is 12.5 Å². The predicted molar refractivity (Wildman–Crippen MR) is 91.9 cm³/mol. The monoisotopic (exact) mass is 360 g/mol. The van der Waals surface area contributed by atoms with Crippen LogP contribution in [0, 0.1) is 5.92 Å². The average molecular weight is 361 g/mol. The van der Waals surface area contributed by atoms with Crippen molar-refractivity contribution in [2.24, 2.45) is 5.92 Å². The van der Waals surface area contributed by atoms with Crippen LogP contribution in [0.25, 0.3) is 0 Å². The number of carbonyl (C=O) groups excluding carboxylic acids is 1. The summed E-state index contributed by atoms with van der Waals surface area (Å²) >= 11 is 1.36. The first-order valence-corrected chi connectivity index (χ1v) is 10.3. The summed E-state index contributed by atoms with van der Waals surface area (Å²) in [5.41, 5.74) is 0.941. The predicted octanol–water partition coefficient (Wildman–Crippen LogP) is 1.20. The number of hydrogen-bond acceptors (Lipinski definition) is 6. The molecule has 23 heavy (non-hydrogen) atoms. The zero-order chi connectivity index (χ0) is 17.0. The molecule has 1 fully saturated rings. The first-order valence-electron chi connectivity index (χ1n) is 7.62. The van der Waals surface area contributed by atoms with Crippen LogP contribution in [0.2, 0.25) is 0 Å². The second-order valence-corrected chi connectivity index (χ2v) is 9.12. The first kappa shape index (κ1) is 18.3. The smallest absolute Gasteiger partial charge is 0.241 e. The molecule has 0 spiro atoms. The molecule has 0 aliphatic carbocycles. The Hall–Kier alpha value is -1.03. The summed E-state index contributed by atoms with van der Waals surface area (Å²) in [4.78, 5) is 18.6. The first-order chi connectivity index (χ1) is 10.7. The van der Waals surface area contributed by atoms with Gasteiger partial charge in [0.1, 0.15) is 0 Å². The molecule has 130 valence electrons. The molecular weight excluding hydrogens is 336 g/mol. The van der Waals surface area contributed by atoms with Crippen molar-refractivity contribution in [1.82, 2.24) is 14.2 Å². The third kappa shape index (κ3) is 5.83. The number of likely N-dealkylation sites (tertiary alicyclic amines) is 1. The van der Waals surface area contributed by atoms with E-state index < -0.39 is 10.0 Å². The highest BCUT2D eigenvalue weighted by Gasteiger charge is 2.18. The zero-order valence-corrected chi connectivity index (χ0v) is 15.4. The van der Waals surface area contributed by atoms with Crippen molar-refractivity contribution < 1.29 is 13.2 Å². The van der Waals surface area contributed by atoms with Gasteiger partial charge < -0.3 is 5.32 Å². The molecule has 1 aromatic heterocycles. The van der Waals surface area contributed by atoms with Crippen LogP contribution in [0.4, 0.5) is 5.13 Å². The van der Waals surface area contributed by atoms with Gasteiger partial charge in [-0.25, -0.2) is 13.4 Å². The molecule has 1 N–H and O–H groups in total. The van der Waals surface area contributed by atoms with E-state index >= 15 is 0 Å². The highest BCUT2D eigenvalue weighted by Crippen LogP contribution is 2.20. The number of sulfonamides is 1. The second-order valence-electron chi connectivity index (χ2n) is 6.17. The molecule has 9 heteroatoms. The molecule has 1 saturated heterocycles.